The normalized spacial score (nSPS) is 17.6. The summed E-state index contributed by atoms with van der Waals surface area (Å²) in [6.45, 7) is 4.40. The number of anilines is 1. The van der Waals surface area contributed by atoms with Gasteiger partial charge in [0.25, 0.3) is 0 Å². The molecule has 1 atom stereocenters. The topological polar surface area (TPSA) is 143 Å². The van der Waals surface area contributed by atoms with Crippen LogP contribution < -0.4 is 25.4 Å². The number of allylic oxidation sites excluding steroid dienone is 3. The molecule has 0 bridgehead atoms. The highest BCUT2D eigenvalue weighted by Crippen LogP contribution is 2.51. The van der Waals surface area contributed by atoms with Crippen LogP contribution in [-0.2, 0) is 16.0 Å². The molecule has 0 radical (unpaired) electrons. The maximum Gasteiger partial charge on any atom is 0.230 e. The van der Waals surface area contributed by atoms with Gasteiger partial charge >= 0.3 is 0 Å². The third-order valence-electron chi connectivity index (χ3n) is 7.69. The average Bonchev–Trinajstić information content (AvgIpc) is 3.47. The fraction of sp³-hybridized carbons (Fsp3) is 0.344. The van der Waals surface area contributed by atoms with Crippen molar-refractivity contribution < 1.29 is 23.5 Å². The van der Waals surface area contributed by atoms with Gasteiger partial charge in [-0.25, -0.2) is 4.39 Å². The van der Waals surface area contributed by atoms with Crippen LogP contribution in [0.2, 0.25) is 0 Å². The fourth-order valence-corrected chi connectivity index (χ4v) is 7.37. The molecule has 0 saturated carbocycles. The number of nitrogens with zero attached hydrogens (tertiary/aromatic N) is 4. The second-order valence-electron chi connectivity index (χ2n) is 11.4. The van der Waals surface area contributed by atoms with Crippen molar-refractivity contribution in [1.29, 1.82) is 5.26 Å². The zero-order valence-corrected chi connectivity index (χ0v) is 27.0. The monoisotopic (exact) mass is 648 g/mol. The van der Waals surface area contributed by atoms with Gasteiger partial charge in [0, 0.05) is 29.8 Å². The predicted molar refractivity (Wildman–Crippen MR) is 170 cm³/mol. The molecule has 0 spiro atoms. The molecule has 2 aliphatic rings. The number of methoxy groups -OCH3 is 2. The van der Waals surface area contributed by atoms with Gasteiger partial charge in [0.2, 0.25) is 11.0 Å². The largest absolute Gasteiger partial charge is 0.493 e. The Balaban J connectivity index is 1.33. The van der Waals surface area contributed by atoms with E-state index in [1.165, 1.54) is 29.2 Å². The van der Waals surface area contributed by atoms with Crippen LogP contribution in [0.4, 0.5) is 9.52 Å². The first-order chi connectivity index (χ1) is 21.6. The molecule has 10 nitrogen and oxygen atoms in total. The maximum atomic E-state index is 15.1. The fourth-order valence-electron chi connectivity index (χ4n) is 5.66. The number of rotatable bonds is 10. The summed E-state index contributed by atoms with van der Waals surface area (Å²) >= 11 is 2.42. The second-order valence-corrected chi connectivity index (χ2v) is 13.6. The Morgan fingerprint density at radius 2 is 1.96 bits per heavy atom. The number of nitrogens with one attached hydrogen (secondary N) is 1. The lowest BCUT2D eigenvalue weighted by atomic mass is 9.68. The number of Topliss-reactive ketones (excluding diaryl/α,β-unsaturated/α-hetero) is 1. The molecule has 1 aromatic heterocycles. The van der Waals surface area contributed by atoms with Crippen molar-refractivity contribution in [3.63, 3.8) is 0 Å². The lowest BCUT2D eigenvalue weighted by Gasteiger charge is -2.42. The molecule has 1 amide bonds. The number of nitriles is 1. The molecular formula is C32H33FN6O4S2. The molecule has 1 aliphatic heterocycles. The van der Waals surface area contributed by atoms with Crippen LogP contribution in [0.15, 0.2) is 69.5 Å². The average molecular weight is 649 g/mol. The summed E-state index contributed by atoms with van der Waals surface area (Å²) in [5, 5.41) is 22.1. The van der Waals surface area contributed by atoms with Crippen LogP contribution in [0.3, 0.4) is 0 Å². The third kappa shape index (κ3) is 6.67. The number of ketones is 1. The first-order valence-corrected chi connectivity index (χ1v) is 16.0. The van der Waals surface area contributed by atoms with Gasteiger partial charge in [-0.15, -0.1) is 10.2 Å². The molecule has 0 fully saturated rings. The van der Waals surface area contributed by atoms with E-state index in [-0.39, 0.29) is 40.8 Å². The molecule has 45 heavy (non-hydrogen) atoms. The zero-order valence-electron chi connectivity index (χ0n) is 25.3. The standard InChI is InChI=1S/C32H33FN6O4S2/c1-32(2)14-22-28(23(40)15-32)27(19-7-5-6-8-21(19)33)20(16-34)29(35)39(22)30-37-38-31(45-30)44-17-26(41)36-12-11-18-9-10-24(42-3)25(13-18)43-4/h5-10,13,27H,11-12,14-15,17,35H2,1-4H3,(H,36,41). The molecule has 234 valence electrons. The van der Waals surface area contributed by atoms with Crippen molar-refractivity contribution in [2.75, 3.05) is 31.4 Å². The molecule has 1 aliphatic carbocycles. The third-order valence-corrected chi connectivity index (χ3v) is 9.74. The van der Waals surface area contributed by atoms with Gasteiger partial charge in [0.05, 0.1) is 37.5 Å². The number of hydrogen-bond acceptors (Lipinski definition) is 11. The molecule has 5 rings (SSSR count). The second kappa shape index (κ2) is 13.3. The molecule has 2 aromatic carbocycles. The molecule has 0 saturated heterocycles. The Morgan fingerprint density at radius 1 is 1.20 bits per heavy atom. The van der Waals surface area contributed by atoms with Crippen LogP contribution in [0, 0.1) is 22.6 Å². The lowest BCUT2D eigenvalue weighted by molar-refractivity contribution is -0.119. The van der Waals surface area contributed by atoms with Crippen molar-refractivity contribution in [3.8, 4) is 17.6 Å². The Morgan fingerprint density at radius 3 is 2.67 bits per heavy atom. The summed E-state index contributed by atoms with van der Waals surface area (Å²) in [6.07, 6.45) is 1.33. The number of carbonyl (C=O) groups excluding carboxylic acids is 2. The summed E-state index contributed by atoms with van der Waals surface area (Å²) in [5.74, 6) is -0.308. The van der Waals surface area contributed by atoms with Crippen LogP contribution in [0.5, 0.6) is 11.5 Å². The number of benzene rings is 2. The van der Waals surface area contributed by atoms with Crippen molar-refractivity contribution >= 4 is 39.9 Å². The highest BCUT2D eigenvalue weighted by Gasteiger charge is 2.46. The van der Waals surface area contributed by atoms with E-state index in [1.807, 2.05) is 32.0 Å². The summed E-state index contributed by atoms with van der Waals surface area (Å²) in [5.41, 5.74) is 8.46. The van der Waals surface area contributed by atoms with Gasteiger partial charge in [-0.2, -0.15) is 5.26 Å². The molecule has 1 unspecified atom stereocenters. The number of carbonyl (C=O) groups is 2. The Labute approximate surface area is 269 Å². The number of halogens is 1. The van der Waals surface area contributed by atoms with Gasteiger partial charge in [-0.05, 0) is 42.0 Å². The summed E-state index contributed by atoms with van der Waals surface area (Å²) in [7, 11) is 3.15. The molecular weight excluding hydrogens is 616 g/mol. The van der Waals surface area contributed by atoms with Crippen LogP contribution >= 0.6 is 23.1 Å². The maximum absolute atomic E-state index is 15.1. The molecule has 13 heteroatoms. The summed E-state index contributed by atoms with van der Waals surface area (Å²) < 4.78 is 26.2. The summed E-state index contributed by atoms with van der Waals surface area (Å²) in [4.78, 5) is 27.8. The number of hydrogen-bond donors (Lipinski definition) is 2. The van der Waals surface area contributed by atoms with Gasteiger partial charge in [0.1, 0.15) is 11.6 Å². The number of nitrogens with two attached hydrogens (primary N) is 1. The van der Waals surface area contributed by atoms with E-state index in [9.17, 15) is 14.9 Å². The number of thioether (sulfide) groups is 1. The minimum Gasteiger partial charge on any atom is -0.493 e. The van der Waals surface area contributed by atoms with Crippen molar-refractivity contribution in [1.82, 2.24) is 15.5 Å². The van der Waals surface area contributed by atoms with Gasteiger partial charge in [0.15, 0.2) is 21.6 Å². The van der Waals surface area contributed by atoms with Crippen LogP contribution in [0.25, 0.3) is 0 Å². The van der Waals surface area contributed by atoms with E-state index in [0.717, 1.165) is 5.56 Å². The van der Waals surface area contributed by atoms with E-state index >= 15 is 4.39 Å². The van der Waals surface area contributed by atoms with E-state index < -0.39 is 17.2 Å². The predicted octanol–water partition coefficient (Wildman–Crippen LogP) is 5.09. The Bertz CT molecular complexity index is 1740. The van der Waals surface area contributed by atoms with E-state index in [4.69, 9.17) is 15.2 Å². The summed E-state index contributed by atoms with van der Waals surface area (Å²) in [6, 6.07) is 13.9. The molecule has 3 aromatic rings. The number of ether oxygens (including phenoxy) is 2. The highest BCUT2D eigenvalue weighted by atomic mass is 32.2. The van der Waals surface area contributed by atoms with Crippen molar-refractivity contribution in [3.05, 3.63) is 82.1 Å². The molecule has 2 heterocycles. The van der Waals surface area contributed by atoms with E-state index in [2.05, 4.69) is 21.6 Å². The van der Waals surface area contributed by atoms with Crippen LogP contribution in [0.1, 0.15) is 43.7 Å². The highest BCUT2D eigenvalue weighted by molar-refractivity contribution is 8.01. The van der Waals surface area contributed by atoms with Crippen molar-refractivity contribution in [2.24, 2.45) is 11.1 Å². The Kier molecular flexibility index (Phi) is 9.45. The Hall–Kier alpha value is -4.41. The quantitative estimate of drug-likeness (QED) is 0.286. The number of amides is 1. The van der Waals surface area contributed by atoms with Gasteiger partial charge in [-0.1, -0.05) is 61.2 Å². The van der Waals surface area contributed by atoms with E-state index in [0.29, 0.717) is 51.6 Å². The molecule has 3 N–H and O–H groups in total. The SMILES string of the molecule is COc1ccc(CCNC(=O)CSc2nnc(N3C(N)=C(C#N)C(c4ccccc4F)C4=C3CC(C)(C)CC4=O)s2)cc1OC. The van der Waals surface area contributed by atoms with Crippen LogP contribution in [-0.4, -0.2) is 48.4 Å². The van der Waals surface area contributed by atoms with Gasteiger partial charge in [-0.3, -0.25) is 14.5 Å². The first kappa shape index (κ1) is 32.0. The van der Waals surface area contributed by atoms with Crippen molar-refractivity contribution in [2.45, 2.75) is 43.4 Å². The number of aromatic nitrogens is 2. The minimum atomic E-state index is -0.921. The van der Waals surface area contributed by atoms with Gasteiger partial charge < -0.3 is 20.5 Å². The first-order valence-electron chi connectivity index (χ1n) is 14.2. The zero-order chi connectivity index (χ0) is 32.3. The smallest absolute Gasteiger partial charge is 0.230 e. The minimum absolute atomic E-state index is 0.0742. The lowest BCUT2D eigenvalue weighted by Crippen LogP contribution is -2.42. The van der Waals surface area contributed by atoms with E-state index in [1.54, 1.807) is 37.3 Å².